The molecular formula is C28H26F5N5O3. The lowest BCUT2D eigenvalue weighted by Crippen LogP contribution is -2.50. The standard InChI is InChI=1S/C28H26F5N5O3/c1-16-24(17-3-6-19(41-2)7-4-17)35-26-21(14-34-38(26)25(16)28(31,32)33)27(40)37-11-9-36(10-12-37)23(15-39)20-8-5-18(29)13-22(20)30/h3-8,13-14,23,39H,9-12,15H2,1-2H3/t23-/m0/s1. The summed E-state index contributed by atoms with van der Waals surface area (Å²) in [7, 11) is 1.47. The summed E-state index contributed by atoms with van der Waals surface area (Å²) in [6, 6.07) is 8.75. The number of carbonyl (C=O) groups is 1. The number of aliphatic hydroxyl groups is 1. The van der Waals surface area contributed by atoms with Crippen LogP contribution < -0.4 is 4.74 Å². The van der Waals surface area contributed by atoms with Crippen molar-refractivity contribution in [2.75, 3.05) is 39.9 Å². The van der Waals surface area contributed by atoms with Gasteiger partial charge in [0.25, 0.3) is 5.91 Å². The number of carbonyl (C=O) groups excluding carboxylic acids is 1. The number of ether oxygens (including phenoxy) is 1. The minimum atomic E-state index is -4.78. The van der Waals surface area contributed by atoms with Crippen LogP contribution in [0.2, 0.25) is 0 Å². The molecule has 0 bridgehead atoms. The maximum Gasteiger partial charge on any atom is 0.433 e. The van der Waals surface area contributed by atoms with Gasteiger partial charge in [-0.05, 0) is 37.3 Å². The number of hydrogen-bond donors (Lipinski definition) is 1. The molecule has 216 valence electrons. The van der Waals surface area contributed by atoms with Crippen LogP contribution in [0.1, 0.15) is 33.2 Å². The number of hydrogen-bond acceptors (Lipinski definition) is 6. The van der Waals surface area contributed by atoms with E-state index in [9.17, 15) is 31.9 Å². The van der Waals surface area contributed by atoms with Crippen LogP contribution in [-0.2, 0) is 6.18 Å². The van der Waals surface area contributed by atoms with Crippen LogP contribution in [-0.4, -0.2) is 75.3 Å². The first-order valence-corrected chi connectivity index (χ1v) is 12.7. The summed E-state index contributed by atoms with van der Waals surface area (Å²) >= 11 is 0. The van der Waals surface area contributed by atoms with Crippen LogP contribution in [0, 0.1) is 18.6 Å². The van der Waals surface area contributed by atoms with Crippen LogP contribution in [0.5, 0.6) is 5.75 Å². The molecule has 5 rings (SSSR count). The Kier molecular flexibility index (Phi) is 7.66. The van der Waals surface area contributed by atoms with Gasteiger partial charge in [-0.25, -0.2) is 18.3 Å². The number of methoxy groups -OCH3 is 1. The molecule has 8 nitrogen and oxygen atoms in total. The second kappa shape index (κ2) is 11.1. The number of aliphatic hydroxyl groups excluding tert-OH is 1. The Hall–Kier alpha value is -4.10. The van der Waals surface area contributed by atoms with Crippen molar-refractivity contribution in [1.29, 1.82) is 0 Å². The lowest BCUT2D eigenvalue weighted by atomic mass is 10.0. The van der Waals surface area contributed by atoms with E-state index in [2.05, 4.69) is 10.1 Å². The summed E-state index contributed by atoms with van der Waals surface area (Å²) in [5.74, 6) is -1.56. The smallest absolute Gasteiger partial charge is 0.433 e. The van der Waals surface area contributed by atoms with Gasteiger partial charge in [-0.15, -0.1) is 0 Å². The molecule has 1 amide bonds. The Bertz CT molecular complexity index is 1580. The van der Waals surface area contributed by atoms with Gasteiger partial charge in [-0.3, -0.25) is 9.69 Å². The summed E-state index contributed by atoms with van der Waals surface area (Å²) in [5.41, 5.74) is -0.920. The number of aromatic nitrogens is 3. The Balaban J connectivity index is 1.45. The Morgan fingerprint density at radius 1 is 1.07 bits per heavy atom. The number of amides is 1. The fourth-order valence-electron chi connectivity index (χ4n) is 5.18. The van der Waals surface area contributed by atoms with Crippen molar-refractivity contribution in [3.05, 3.63) is 82.7 Å². The molecule has 0 radical (unpaired) electrons. The predicted octanol–water partition coefficient (Wildman–Crippen LogP) is 4.50. The topological polar surface area (TPSA) is 83.2 Å². The van der Waals surface area contributed by atoms with E-state index in [-0.39, 0.29) is 54.2 Å². The quantitative estimate of drug-likeness (QED) is 0.341. The second-order valence-electron chi connectivity index (χ2n) is 9.65. The first-order chi connectivity index (χ1) is 19.5. The Morgan fingerprint density at radius 3 is 2.34 bits per heavy atom. The van der Waals surface area contributed by atoms with Crippen molar-refractivity contribution < 1.29 is 36.6 Å². The molecule has 0 aliphatic carbocycles. The van der Waals surface area contributed by atoms with Crippen molar-refractivity contribution in [3.8, 4) is 17.0 Å². The van der Waals surface area contributed by atoms with Crippen molar-refractivity contribution in [1.82, 2.24) is 24.4 Å². The minimum Gasteiger partial charge on any atom is -0.497 e. The third-order valence-electron chi connectivity index (χ3n) is 7.28. The molecule has 3 heterocycles. The van der Waals surface area contributed by atoms with Gasteiger partial charge >= 0.3 is 6.18 Å². The molecule has 4 aromatic rings. The summed E-state index contributed by atoms with van der Waals surface area (Å²) in [4.78, 5) is 21.2. The lowest BCUT2D eigenvalue weighted by molar-refractivity contribution is -0.143. The van der Waals surface area contributed by atoms with Gasteiger partial charge in [0.05, 0.1) is 31.6 Å². The molecule has 1 atom stereocenters. The maximum atomic E-state index is 14.4. The molecule has 1 saturated heterocycles. The maximum absolute atomic E-state index is 14.4. The first-order valence-electron chi connectivity index (χ1n) is 12.7. The van der Waals surface area contributed by atoms with E-state index in [1.807, 2.05) is 0 Å². The molecule has 2 aromatic heterocycles. The van der Waals surface area contributed by atoms with E-state index in [4.69, 9.17) is 4.74 Å². The Labute approximate surface area is 231 Å². The minimum absolute atomic E-state index is 0.0546. The van der Waals surface area contributed by atoms with Gasteiger partial charge in [-0.2, -0.15) is 18.3 Å². The van der Waals surface area contributed by atoms with Gasteiger partial charge < -0.3 is 14.7 Å². The number of nitrogens with zero attached hydrogens (tertiary/aromatic N) is 5. The fourth-order valence-corrected chi connectivity index (χ4v) is 5.18. The SMILES string of the molecule is COc1ccc(-c2nc3c(C(=O)N4CCN([C@@H](CO)c5ccc(F)cc5F)CC4)cnn3c(C(F)(F)F)c2C)cc1. The van der Waals surface area contributed by atoms with Gasteiger partial charge in [0.15, 0.2) is 11.3 Å². The number of benzene rings is 2. The summed E-state index contributed by atoms with van der Waals surface area (Å²) in [5, 5.41) is 13.8. The molecule has 1 N–H and O–H groups in total. The highest BCUT2D eigenvalue weighted by molar-refractivity contribution is 6.00. The van der Waals surface area contributed by atoms with Gasteiger partial charge in [-0.1, -0.05) is 6.07 Å². The van der Waals surface area contributed by atoms with E-state index >= 15 is 0 Å². The van der Waals surface area contributed by atoms with E-state index in [0.29, 0.717) is 15.8 Å². The zero-order chi connectivity index (χ0) is 29.5. The van der Waals surface area contributed by atoms with Crippen molar-refractivity contribution in [2.45, 2.75) is 19.1 Å². The highest BCUT2D eigenvalue weighted by Gasteiger charge is 2.39. The molecular weight excluding hydrogens is 549 g/mol. The summed E-state index contributed by atoms with van der Waals surface area (Å²) < 4.78 is 76.2. The van der Waals surface area contributed by atoms with E-state index in [1.165, 1.54) is 25.0 Å². The van der Waals surface area contributed by atoms with Gasteiger partial charge in [0.1, 0.15) is 22.9 Å². The summed E-state index contributed by atoms with van der Waals surface area (Å²) in [6.45, 7) is 1.66. The molecule has 1 aliphatic rings. The van der Waals surface area contributed by atoms with E-state index < -0.39 is 42.1 Å². The van der Waals surface area contributed by atoms with Crippen LogP contribution in [0.4, 0.5) is 22.0 Å². The van der Waals surface area contributed by atoms with E-state index in [1.54, 1.807) is 29.2 Å². The van der Waals surface area contributed by atoms with Gasteiger partial charge in [0, 0.05) is 48.9 Å². The summed E-state index contributed by atoms with van der Waals surface area (Å²) in [6.07, 6.45) is -3.70. The average molecular weight is 576 g/mol. The average Bonchev–Trinajstić information content (AvgIpc) is 3.36. The van der Waals surface area contributed by atoms with Crippen molar-refractivity contribution in [2.24, 2.45) is 0 Å². The Morgan fingerprint density at radius 2 is 1.76 bits per heavy atom. The molecule has 0 saturated carbocycles. The highest BCUT2D eigenvalue weighted by atomic mass is 19.4. The monoisotopic (exact) mass is 575 g/mol. The molecule has 2 aromatic carbocycles. The molecule has 41 heavy (non-hydrogen) atoms. The zero-order valence-electron chi connectivity index (χ0n) is 22.1. The second-order valence-corrected chi connectivity index (χ2v) is 9.65. The van der Waals surface area contributed by atoms with Crippen LogP contribution in [0.15, 0.2) is 48.7 Å². The zero-order valence-corrected chi connectivity index (χ0v) is 22.1. The number of fused-ring (bicyclic) bond motifs is 1. The normalized spacial score (nSPS) is 15.4. The number of halogens is 5. The predicted molar refractivity (Wildman–Crippen MR) is 138 cm³/mol. The van der Waals surface area contributed by atoms with Crippen molar-refractivity contribution in [3.63, 3.8) is 0 Å². The molecule has 13 heteroatoms. The largest absolute Gasteiger partial charge is 0.497 e. The first kappa shape index (κ1) is 28.4. The van der Waals surface area contributed by atoms with Crippen LogP contribution in [0.3, 0.4) is 0 Å². The number of rotatable bonds is 6. The lowest BCUT2D eigenvalue weighted by Gasteiger charge is -2.38. The number of alkyl halides is 3. The van der Waals surface area contributed by atoms with Crippen LogP contribution in [0.25, 0.3) is 16.9 Å². The third kappa shape index (κ3) is 5.34. The molecule has 1 aliphatic heterocycles. The number of piperazine rings is 1. The van der Waals surface area contributed by atoms with Gasteiger partial charge in [0.2, 0.25) is 0 Å². The third-order valence-corrected chi connectivity index (χ3v) is 7.28. The molecule has 0 spiro atoms. The molecule has 1 fully saturated rings. The van der Waals surface area contributed by atoms with Crippen molar-refractivity contribution >= 4 is 11.6 Å². The van der Waals surface area contributed by atoms with Crippen LogP contribution >= 0.6 is 0 Å². The highest BCUT2D eigenvalue weighted by Crippen LogP contribution is 2.37. The van der Waals surface area contributed by atoms with E-state index in [0.717, 1.165) is 18.3 Å². The molecule has 0 unspecified atom stereocenters. The fraction of sp³-hybridized carbons (Fsp3) is 0.321.